The van der Waals surface area contributed by atoms with Gasteiger partial charge in [0.1, 0.15) is 23.4 Å². The van der Waals surface area contributed by atoms with Crippen molar-refractivity contribution in [3.63, 3.8) is 0 Å². The van der Waals surface area contributed by atoms with Gasteiger partial charge in [-0.1, -0.05) is 35.9 Å². The first kappa shape index (κ1) is 22.8. The van der Waals surface area contributed by atoms with Crippen LogP contribution in [0.1, 0.15) is 18.4 Å². The van der Waals surface area contributed by atoms with E-state index in [-0.39, 0.29) is 28.9 Å². The minimum Gasteiger partial charge on any atom is -0.493 e. The standard InChI is InChI=1S/C24H24ClFN4O3/c25-22-23(28-12-11-27-22)29-24(31)30-13-8-18(9-14-30)33-20-6-3-5-19(16-20)32-15-10-17-4-1-2-7-21(17)26/h1-7,11-12,16,18H,8-10,13-15H2,(H,28,29,31). The highest BCUT2D eigenvalue weighted by molar-refractivity contribution is 6.32. The van der Waals surface area contributed by atoms with Crippen LogP contribution >= 0.6 is 11.6 Å². The Kier molecular flexibility index (Phi) is 7.57. The van der Waals surface area contributed by atoms with Crippen molar-refractivity contribution in [2.24, 2.45) is 0 Å². The molecule has 3 aromatic rings. The third-order valence-electron chi connectivity index (χ3n) is 5.31. The number of benzene rings is 2. The van der Waals surface area contributed by atoms with Gasteiger partial charge in [-0.15, -0.1) is 0 Å². The van der Waals surface area contributed by atoms with Gasteiger partial charge in [0, 0.05) is 50.8 Å². The molecule has 0 unspecified atom stereocenters. The number of halogens is 2. The molecule has 4 rings (SSSR count). The van der Waals surface area contributed by atoms with E-state index in [0.717, 1.165) is 0 Å². The van der Waals surface area contributed by atoms with E-state index in [4.69, 9.17) is 21.1 Å². The minimum atomic E-state index is -0.263. The van der Waals surface area contributed by atoms with Crippen molar-refractivity contribution < 1.29 is 18.7 Å². The van der Waals surface area contributed by atoms with Crippen LogP contribution in [-0.4, -0.2) is 46.7 Å². The van der Waals surface area contributed by atoms with E-state index in [0.29, 0.717) is 56.0 Å². The molecule has 0 bridgehead atoms. The van der Waals surface area contributed by atoms with Crippen molar-refractivity contribution in [1.82, 2.24) is 14.9 Å². The van der Waals surface area contributed by atoms with Crippen LogP contribution in [0, 0.1) is 5.82 Å². The molecule has 1 N–H and O–H groups in total. The maximum Gasteiger partial charge on any atom is 0.323 e. The van der Waals surface area contributed by atoms with E-state index < -0.39 is 0 Å². The van der Waals surface area contributed by atoms with Crippen molar-refractivity contribution >= 4 is 23.4 Å². The Morgan fingerprint density at radius 1 is 1.09 bits per heavy atom. The Balaban J connectivity index is 1.23. The fourth-order valence-corrected chi connectivity index (χ4v) is 3.72. The van der Waals surface area contributed by atoms with Crippen LogP contribution in [0.25, 0.3) is 0 Å². The summed E-state index contributed by atoms with van der Waals surface area (Å²) in [5.74, 6) is 1.39. The molecule has 172 valence electrons. The summed E-state index contributed by atoms with van der Waals surface area (Å²) in [6.07, 6.45) is 4.80. The van der Waals surface area contributed by atoms with Gasteiger partial charge < -0.3 is 14.4 Å². The second-order valence-electron chi connectivity index (χ2n) is 7.59. The molecule has 2 heterocycles. The van der Waals surface area contributed by atoms with Crippen LogP contribution in [0.4, 0.5) is 15.0 Å². The monoisotopic (exact) mass is 470 g/mol. The molecule has 1 aromatic heterocycles. The van der Waals surface area contributed by atoms with E-state index in [1.165, 1.54) is 18.5 Å². The number of urea groups is 1. The lowest BCUT2D eigenvalue weighted by molar-refractivity contribution is 0.115. The molecule has 1 aliphatic heterocycles. The summed E-state index contributed by atoms with van der Waals surface area (Å²) in [7, 11) is 0. The van der Waals surface area contributed by atoms with Gasteiger partial charge in [-0.3, -0.25) is 5.32 Å². The number of likely N-dealkylation sites (tertiary alicyclic amines) is 1. The molecule has 0 atom stereocenters. The average Bonchev–Trinajstić information content (AvgIpc) is 2.82. The highest BCUT2D eigenvalue weighted by Crippen LogP contribution is 2.24. The zero-order valence-electron chi connectivity index (χ0n) is 17.9. The quantitative estimate of drug-likeness (QED) is 0.527. The van der Waals surface area contributed by atoms with E-state index in [9.17, 15) is 9.18 Å². The Bertz CT molecular complexity index is 1090. The summed E-state index contributed by atoms with van der Waals surface area (Å²) in [4.78, 5) is 22.1. The van der Waals surface area contributed by atoms with Gasteiger partial charge >= 0.3 is 6.03 Å². The first-order chi connectivity index (χ1) is 16.1. The highest BCUT2D eigenvalue weighted by atomic mass is 35.5. The molecule has 0 aliphatic carbocycles. The van der Waals surface area contributed by atoms with Crippen molar-refractivity contribution in [2.75, 3.05) is 25.0 Å². The van der Waals surface area contributed by atoms with Gasteiger partial charge in [0.2, 0.25) is 0 Å². The highest BCUT2D eigenvalue weighted by Gasteiger charge is 2.24. The second kappa shape index (κ2) is 11.0. The smallest absolute Gasteiger partial charge is 0.323 e. The number of aromatic nitrogens is 2. The number of hydrogen-bond donors (Lipinski definition) is 1. The van der Waals surface area contributed by atoms with Gasteiger partial charge in [0.15, 0.2) is 11.0 Å². The molecule has 1 saturated heterocycles. The Morgan fingerprint density at radius 3 is 2.64 bits per heavy atom. The first-order valence-corrected chi connectivity index (χ1v) is 11.1. The number of anilines is 1. The number of carbonyl (C=O) groups excluding carboxylic acids is 1. The van der Waals surface area contributed by atoms with Gasteiger partial charge in [-0.05, 0) is 23.8 Å². The Morgan fingerprint density at radius 2 is 1.85 bits per heavy atom. The largest absolute Gasteiger partial charge is 0.493 e. The zero-order valence-corrected chi connectivity index (χ0v) is 18.7. The van der Waals surface area contributed by atoms with E-state index >= 15 is 0 Å². The lowest BCUT2D eigenvalue weighted by Crippen LogP contribution is -2.43. The van der Waals surface area contributed by atoms with Crippen LogP contribution in [0.5, 0.6) is 11.5 Å². The van der Waals surface area contributed by atoms with Crippen LogP contribution in [0.2, 0.25) is 5.15 Å². The SMILES string of the molecule is O=C(Nc1nccnc1Cl)N1CCC(Oc2cccc(OCCc3ccccc3F)c2)CC1. The van der Waals surface area contributed by atoms with Gasteiger partial charge in [0.05, 0.1) is 6.61 Å². The number of nitrogens with one attached hydrogen (secondary N) is 1. The van der Waals surface area contributed by atoms with Gasteiger partial charge in [-0.25, -0.2) is 19.2 Å². The van der Waals surface area contributed by atoms with Crippen molar-refractivity contribution in [2.45, 2.75) is 25.4 Å². The molecule has 2 amide bonds. The predicted molar refractivity (Wildman–Crippen MR) is 123 cm³/mol. The molecule has 7 nitrogen and oxygen atoms in total. The van der Waals surface area contributed by atoms with Crippen molar-refractivity contribution in [3.05, 3.63) is 77.5 Å². The summed E-state index contributed by atoms with van der Waals surface area (Å²) >= 11 is 5.95. The van der Waals surface area contributed by atoms with E-state index in [2.05, 4.69) is 15.3 Å². The number of amides is 2. The number of piperidine rings is 1. The van der Waals surface area contributed by atoms with Crippen molar-refractivity contribution in [1.29, 1.82) is 0 Å². The summed E-state index contributed by atoms with van der Waals surface area (Å²) < 4.78 is 25.6. The number of hydrogen-bond acceptors (Lipinski definition) is 5. The van der Waals surface area contributed by atoms with Crippen LogP contribution in [0.15, 0.2) is 60.9 Å². The molecule has 0 radical (unpaired) electrons. The lowest BCUT2D eigenvalue weighted by Gasteiger charge is -2.32. The maximum atomic E-state index is 13.7. The summed E-state index contributed by atoms with van der Waals surface area (Å²) in [5.41, 5.74) is 0.627. The number of rotatable bonds is 7. The zero-order chi connectivity index (χ0) is 23.0. The van der Waals surface area contributed by atoms with Crippen LogP contribution < -0.4 is 14.8 Å². The maximum absolute atomic E-state index is 13.7. The summed E-state index contributed by atoms with van der Waals surface area (Å²) in [6, 6.07) is 13.8. The minimum absolute atomic E-state index is 0.0113. The molecule has 1 fully saturated rings. The average molecular weight is 471 g/mol. The fraction of sp³-hybridized carbons (Fsp3) is 0.292. The summed E-state index contributed by atoms with van der Waals surface area (Å²) in [5, 5.41) is 2.84. The number of ether oxygens (including phenoxy) is 2. The third-order valence-corrected chi connectivity index (χ3v) is 5.59. The van der Waals surface area contributed by atoms with E-state index in [1.54, 1.807) is 17.0 Å². The Hall–Kier alpha value is -3.39. The van der Waals surface area contributed by atoms with Gasteiger partial charge in [-0.2, -0.15) is 0 Å². The molecule has 9 heteroatoms. The molecule has 33 heavy (non-hydrogen) atoms. The molecular formula is C24H24ClFN4O3. The molecule has 0 spiro atoms. The molecule has 1 aliphatic rings. The molecule has 0 saturated carbocycles. The molecular weight excluding hydrogens is 447 g/mol. The second-order valence-corrected chi connectivity index (χ2v) is 7.95. The number of nitrogens with zero attached hydrogens (tertiary/aromatic N) is 3. The van der Waals surface area contributed by atoms with Crippen molar-refractivity contribution in [3.8, 4) is 11.5 Å². The molecule has 2 aromatic carbocycles. The summed E-state index contributed by atoms with van der Waals surface area (Å²) in [6.45, 7) is 1.47. The Labute approximate surface area is 196 Å². The fourth-order valence-electron chi connectivity index (χ4n) is 3.57. The third kappa shape index (κ3) is 6.32. The van der Waals surface area contributed by atoms with Gasteiger partial charge in [0.25, 0.3) is 0 Å². The van der Waals surface area contributed by atoms with E-state index in [1.807, 2.05) is 30.3 Å². The van der Waals surface area contributed by atoms with Crippen LogP contribution in [-0.2, 0) is 6.42 Å². The predicted octanol–water partition coefficient (Wildman–Crippen LogP) is 4.97. The normalized spacial score (nSPS) is 14.1. The first-order valence-electron chi connectivity index (χ1n) is 10.7. The topological polar surface area (TPSA) is 76.6 Å². The lowest BCUT2D eigenvalue weighted by atomic mass is 10.1. The van der Waals surface area contributed by atoms with Crippen LogP contribution in [0.3, 0.4) is 0 Å². The number of carbonyl (C=O) groups is 1.